The molecule has 0 radical (unpaired) electrons. The smallest absolute Gasteiger partial charge is 0.255 e. The average molecular weight is 430 g/mol. The van der Waals surface area contributed by atoms with Gasteiger partial charge in [-0.05, 0) is 69.8 Å². The predicted octanol–water partition coefficient (Wildman–Crippen LogP) is 6.54. The van der Waals surface area contributed by atoms with Crippen molar-refractivity contribution < 1.29 is 14.3 Å². The highest BCUT2D eigenvalue weighted by atomic mass is 28.4. The highest BCUT2D eigenvalue weighted by Crippen LogP contribution is 2.41. The number of rotatable bonds is 6. The Bertz CT molecular complexity index is 902. The number of carbonyl (C=O) groups excluding carboxylic acids is 1. The van der Waals surface area contributed by atoms with Gasteiger partial charge in [0.25, 0.3) is 14.2 Å². The first-order valence-electron chi connectivity index (χ1n) is 10.9. The van der Waals surface area contributed by atoms with Crippen molar-refractivity contribution in [1.29, 1.82) is 0 Å². The van der Waals surface area contributed by atoms with Crippen LogP contribution in [0.5, 0.6) is 5.75 Å². The van der Waals surface area contributed by atoms with E-state index in [1.807, 2.05) is 62.9 Å². The molecular weight excluding hydrogens is 390 g/mol. The molecule has 2 rings (SSSR count). The second-order valence-corrected chi connectivity index (χ2v) is 15.0. The van der Waals surface area contributed by atoms with Gasteiger partial charge < -0.3 is 14.4 Å². The number of hydrogen-bond donors (Lipinski definition) is 1. The first kappa shape index (κ1) is 24.4. The molecule has 0 aliphatic heterocycles. The zero-order chi connectivity index (χ0) is 23.0. The van der Waals surface area contributed by atoms with Gasteiger partial charge in [0.15, 0.2) is 0 Å². The summed E-state index contributed by atoms with van der Waals surface area (Å²) in [7, 11) is -2.12. The molecule has 0 aliphatic carbocycles. The summed E-state index contributed by atoms with van der Waals surface area (Å²) in [6.45, 7) is 20.8. The molecule has 0 saturated heterocycles. The minimum atomic E-state index is -2.12. The van der Waals surface area contributed by atoms with Crippen molar-refractivity contribution in [3.8, 4) is 5.75 Å². The summed E-state index contributed by atoms with van der Waals surface area (Å²) >= 11 is 0. The number of fused-ring (bicyclic) bond motifs is 1. The van der Waals surface area contributed by atoms with E-state index in [1.165, 1.54) is 0 Å². The summed E-state index contributed by atoms with van der Waals surface area (Å²) in [6, 6.07) is 9.87. The Labute approximate surface area is 183 Å². The van der Waals surface area contributed by atoms with Crippen molar-refractivity contribution in [2.45, 2.75) is 91.7 Å². The molecule has 0 heterocycles. The summed E-state index contributed by atoms with van der Waals surface area (Å²) < 4.78 is 6.69. The number of aliphatic hydroxyl groups is 1. The highest BCUT2D eigenvalue weighted by molar-refractivity contribution is 6.74. The Hall–Kier alpha value is -1.85. The first-order chi connectivity index (χ1) is 13.7. The molecule has 0 aliphatic rings. The lowest BCUT2D eigenvalue weighted by Crippen LogP contribution is -2.44. The van der Waals surface area contributed by atoms with E-state index in [-0.39, 0.29) is 23.0 Å². The summed E-state index contributed by atoms with van der Waals surface area (Å²) in [5.41, 5.74) is 1.20. The third kappa shape index (κ3) is 4.73. The number of amides is 1. The second-order valence-electron chi connectivity index (χ2n) is 10.3. The zero-order valence-electron chi connectivity index (χ0n) is 20.3. The Morgan fingerprint density at radius 2 is 1.57 bits per heavy atom. The van der Waals surface area contributed by atoms with Crippen LogP contribution in [0.4, 0.5) is 0 Å². The number of hydrogen-bond acceptors (Lipinski definition) is 3. The maximum Gasteiger partial charge on any atom is 0.255 e. The third-order valence-corrected chi connectivity index (χ3v) is 10.6. The van der Waals surface area contributed by atoms with Crippen LogP contribution in [0.25, 0.3) is 10.8 Å². The molecule has 0 fully saturated rings. The molecule has 1 atom stereocenters. The standard InChI is InChI=1S/C25H39NO3Si/c1-16(2)26(17(3)4)24(28)23-20(18(5)27)15-14-19-12-11-13-21(22(19)23)29-30(9,10)25(6,7)8/h11-18,27H,1-10H3. The van der Waals surface area contributed by atoms with E-state index in [0.29, 0.717) is 11.1 Å². The van der Waals surface area contributed by atoms with E-state index in [0.717, 1.165) is 16.5 Å². The Morgan fingerprint density at radius 1 is 1.00 bits per heavy atom. The fourth-order valence-corrected chi connectivity index (χ4v) is 4.67. The number of aliphatic hydroxyl groups excluding tert-OH is 1. The van der Waals surface area contributed by atoms with E-state index in [9.17, 15) is 9.90 Å². The topological polar surface area (TPSA) is 49.8 Å². The van der Waals surface area contributed by atoms with Gasteiger partial charge in [-0.25, -0.2) is 0 Å². The van der Waals surface area contributed by atoms with Crippen LogP contribution in [-0.2, 0) is 0 Å². The van der Waals surface area contributed by atoms with Crippen LogP contribution < -0.4 is 4.43 Å². The third-order valence-electron chi connectivity index (χ3n) is 6.22. The van der Waals surface area contributed by atoms with Crippen molar-refractivity contribution in [2.24, 2.45) is 0 Å². The van der Waals surface area contributed by atoms with Crippen molar-refractivity contribution in [1.82, 2.24) is 4.90 Å². The van der Waals surface area contributed by atoms with E-state index >= 15 is 0 Å². The van der Waals surface area contributed by atoms with Gasteiger partial charge in [-0.3, -0.25) is 4.79 Å². The van der Waals surface area contributed by atoms with Gasteiger partial charge in [0.1, 0.15) is 5.75 Å². The second kappa shape index (κ2) is 8.72. The monoisotopic (exact) mass is 429 g/mol. The van der Waals surface area contributed by atoms with Crippen molar-refractivity contribution in [3.05, 3.63) is 41.5 Å². The number of nitrogens with zero attached hydrogens (tertiary/aromatic N) is 1. The van der Waals surface area contributed by atoms with Crippen LogP contribution in [0.3, 0.4) is 0 Å². The lowest BCUT2D eigenvalue weighted by atomic mass is 9.94. The van der Waals surface area contributed by atoms with Gasteiger partial charge in [-0.2, -0.15) is 0 Å². The molecule has 0 saturated carbocycles. The van der Waals surface area contributed by atoms with E-state index in [2.05, 4.69) is 33.9 Å². The fourth-order valence-electron chi connectivity index (χ4n) is 3.65. The number of carbonyl (C=O) groups is 1. The molecule has 0 aromatic heterocycles. The SMILES string of the molecule is CC(O)c1ccc2cccc(O[Si](C)(C)C(C)(C)C)c2c1C(=O)N(C(C)C)C(C)C. The average Bonchev–Trinajstić information content (AvgIpc) is 2.58. The molecule has 0 spiro atoms. The van der Waals surface area contributed by atoms with Crippen molar-refractivity contribution in [2.75, 3.05) is 0 Å². The van der Waals surface area contributed by atoms with Crippen LogP contribution >= 0.6 is 0 Å². The molecule has 0 bridgehead atoms. The quantitative estimate of drug-likeness (QED) is 0.531. The maximum atomic E-state index is 13.9. The Morgan fingerprint density at radius 3 is 2.03 bits per heavy atom. The van der Waals surface area contributed by atoms with Gasteiger partial charge in [0.2, 0.25) is 0 Å². The van der Waals surface area contributed by atoms with Crippen molar-refractivity contribution in [3.63, 3.8) is 0 Å². The van der Waals surface area contributed by atoms with Gasteiger partial charge >= 0.3 is 0 Å². The van der Waals surface area contributed by atoms with Crippen LogP contribution in [0.15, 0.2) is 30.3 Å². The van der Waals surface area contributed by atoms with Crippen LogP contribution in [0, 0.1) is 0 Å². The van der Waals surface area contributed by atoms with Crippen molar-refractivity contribution >= 4 is 25.0 Å². The minimum absolute atomic E-state index is 0.0309. The normalized spacial score (nSPS) is 13.8. The maximum absolute atomic E-state index is 13.9. The van der Waals surface area contributed by atoms with Gasteiger partial charge in [0.05, 0.1) is 11.7 Å². The van der Waals surface area contributed by atoms with Gasteiger partial charge in [-0.15, -0.1) is 0 Å². The lowest BCUT2D eigenvalue weighted by molar-refractivity contribution is 0.0639. The molecule has 30 heavy (non-hydrogen) atoms. The molecular formula is C25H39NO3Si. The van der Waals surface area contributed by atoms with Gasteiger partial charge in [0, 0.05) is 17.5 Å². The summed E-state index contributed by atoms with van der Waals surface area (Å²) in [5, 5.41) is 12.3. The highest BCUT2D eigenvalue weighted by Gasteiger charge is 2.39. The molecule has 1 unspecified atom stereocenters. The molecule has 4 nitrogen and oxygen atoms in total. The fraction of sp³-hybridized carbons (Fsp3) is 0.560. The largest absolute Gasteiger partial charge is 0.543 e. The Balaban J connectivity index is 2.85. The Kier molecular flexibility index (Phi) is 7.09. The van der Waals surface area contributed by atoms with Crippen LogP contribution in [-0.4, -0.2) is 36.3 Å². The molecule has 2 aromatic carbocycles. The lowest BCUT2D eigenvalue weighted by Gasteiger charge is -2.37. The predicted molar refractivity (Wildman–Crippen MR) is 129 cm³/mol. The van der Waals surface area contributed by atoms with E-state index in [4.69, 9.17) is 4.43 Å². The first-order valence-corrected chi connectivity index (χ1v) is 13.8. The molecule has 2 aromatic rings. The van der Waals surface area contributed by atoms with Gasteiger partial charge in [-0.1, -0.05) is 45.0 Å². The summed E-state index contributed by atoms with van der Waals surface area (Å²) in [4.78, 5) is 15.7. The van der Waals surface area contributed by atoms with E-state index in [1.54, 1.807) is 6.92 Å². The van der Waals surface area contributed by atoms with E-state index < -0.39 is 14.4 Å². The number of benzene rings is 2. The molecule has 1 N–H and O–H groups in total. The molecule has 1 amide bonds. The van der Waals surface area contributed by atoms with Crippen LogP contribution in [0.2, 0.25) is 18.1 Å². The molecule has 166 valence electrons. The summed E-state index contributed by atoms with van der Waals surface area (Å²) in [5.74, 6) is 0.671. The van der Waals surface area contributed by atoms with Crippen LogP contribution in [0.1, 0.15) is 77.4 Å². The summed E-state index contributed by atoms with van der Waals surface area (Å²) in [6.07, 6.45) is -0.754. The minimum Gasteiger partial charge on any atom is -0.543 e. The zero-order valence-corrected chi connectivity index (χ0v) is 21.3. The molecule has 5 heteroatoms.